The Balaban J connectivity index is 1.69. The highest BCUT2D eigenvalue weighted by Crippen LogP contribution is 2.26. The van der Waals surface area contributed by atoms with E-state index in [1.165, 1.54) is 18.9 Å². The van der Waals surface area contributed by atoms with Crippen molar-refractivity contribution in [3.05, 3.63) is 33.9 Å². The highest BCUT2D eigenvalue weighted by atomic mass is 79.9. The number of nitrogens with one attached hydrogen (secondary N) is 2. The Bertz CT molecular complexity index is 627. The van der Waals surface area contributed by atoms with Crippen molar-refractivity contribution in [3.8, 4) is 0 Å². The minimum absolute atomic E-state index is 0.266. The number of halogens is 2. The molecule has 0 radical (unpaired) electrons. The molecule has 1 aromatic carbocycles. The second-order valence-electron chi connectivity index (χ2n) is 4.86. The van der Waals surface area contributed by atoms with Crippen LogP contribution in [0, 0.1) is 12.7 Å². The van der Waals surface area contributed by atoms with E-state index in [0.717, 1.165) is 5.56 Å². The zero-order valence-electron chi connectivity index (χ0n) is 10.9. The molecule has 106 valence electrons. The SMILES string of the molecule is Cc1cc(Br)c(F)cc1Nc1nnc(CNC2CC2)o1. The molecule has 20 heavy (non-hydrogen) atoms. The molecule has 0 saturated heterocycles. The standard InChI is InChI=1S/C13H14BrFN4O/c1-7-4-9(14)10(15)5-11(7)17-13-19-18-12(20-13)6-16-8-2-3-8/h4-5,8,16H,2-3,6H2,1H3,(H,17,19). The fourth-order valence-corrected chi connectivity index (χ4v) is 2.25. The fraction of sp³-hybridized carbons (Fsp3) is 0.385. The summed E-state index contributed by atoms with van der Waals surface area (Å²) >= 11 is 3.15. The quantitative estimate of drug-likeness (QED) is 0.874. The third-order valence-corrected chi connectivity index (χ3v) is 3.70. The maximum atomic E-state index is 13.5. The first-order valence-electron chi connectivity index (χ1n) is 6.40. The van der Waals surface area contributed by atoms with Gasteiger partial charge in [0.2, 0.25) is 5.89 Å². The minimum atomic E-state index is -0.340. The first-order chi connectivity index (χ1) is 9.61. The largest absolute Gasteiger partial charge is 0.406 e. The maximum absolute atomic E-state index is 13.5. The Labute approximate surface area is 124 Å². The first kappa shape index (κ1) is 13.5. The van der Waals surface area contributed by atoms with Gasteiger partial charge < -0.3 is 15.1 Å². The van der Waals surface area contributed by atoms with Crippen LogP contribution in [-0.4, -0.2) is 16.2 Å². The lowest BCUT2D eigenvalue weighted by molar-refractivity contribution is 0.478. The highest BCUT2D eigenvalue weighted by molar-refractivity contribution is 9.10. The van der Waals surface area contributed by atoms with Crippen molar-refractivity contribution >= 4 is 27.6 Å². The van der Waals surface area contributed by atoms with Crippen molar-refractivity contribution in [3.63, 3.8) is 0 Å². The normalized spacial score (nSPS) is 14.6. The lowest BCUT2D eigenvalue weighted by Crippen LogP contribution is -2.15. The van der Waals surface area contributed by atoms with E-state index in [9.17, 15) is 4.39 Å². The topological polar surface area (TPSA) is 63.0 Å². The summed E-state index contributed by atoms with van der Waals surface area (Å²) in [4.78, 5) is 0. The summed E-state index contributed by atoms with van der Waals surface area (Å²) in [6.45, 7) is 2.44. The van der Waals surface area contributed by atoms with E-state index in [1.54, 1.807) is 6.07 Å². The van der Waals surface area contributed by atoms with Crippen LogP contribution in [0.5, 0.6) is 0 Å². The molecule has 7 heteroatoms. The van der Waals surface area contributed by atoms with E-state index < -0.39 is 0 Å². The Morgan fingerprint density at radius 1 is 1.40 bits per heavy atom. The molecule has 1 heterocycles. The number of anilines is 2. The van der Waals surface area contributed by atoms with Gasteiger partial charge in [-0.3, -0.25) is 0 Å². The van der Waals surface area contributed by atoms with Gasteiger partial charge in [-0.1, -0.05) is 5.10 Å². The average molecular weight is 341 g/mol. The molecule has 1 aromatic heterocycles. The van der Waals surface area contributed by atoms with E-state index in [2.05, 4.69) is 36.8 Å². The van der Waals surface area contributed by atoms with Gasteiger partial charge in [0.15, 0.2) is 0 Å². The van der Waals surface area contributed by atoms with Crippen LogP contribution < -0.4 is 10.6 Å². The van der Waals surface area contributed by atoms with Gasteiger partial charge in [0.05, 0.1) is 11.0 Å². The molecule has 0 amide bonds. The smallest absolute Gasteiger partial charge is 0.320 e. The number of aryl methyl sites for hydroxylation is 1. The Morgan fingerprint density at radius 3 is 2.95 bits per heavy atom. The van der Waals surface area contributed by atoms with Crippen molar-refractivity contribution in [2.24, 2.45) is 0 Å². The lowest BCUT2D eigenvalue weighted by Gasteiger charge is -2.06. The zero-order chi connectivity index (χ0) is 14.1. The molecule has 1 fully saturated rings. The number of hydrogen-bond donors (Lipinski definition) is 2. The minimum Gasteiger partial charge on any atom is -0.406 e. The molecule has 2 aromatic rings. The van der Waals surface area contributed by atoms with Crippen molar-refractivity contribution in [1.29, 1.82) is 0 Å². The first-order valence-corrected chi connectivity index (χ1v) is 7.19. The summed E-state index contributed by atoms with van der Waals surface area (Å²) in [5.74, 6) is 0.183. The predicted molar refractivity (Wildman–Crippen MR) is 76.3 cm³/mol. The van der Waals surface area contributed by atoms with Crippen LogP contribution in [0.25, 0.3) is 0 Å². The summed E-state index contributed by atoms with van der Waals surface area (Å²) < 4.78 is 19.4. The van der Waals surface area contributed by atoms with Gasteiger partial charge in [-0.25, -0.2) is 4.39 Å². The molecule has 1 aliphatic carbocycles. The van der Waals surface area contributed by atoms with Crippen LogP contribution in [0.3, 0.4) is 0 Å². The summed E-state index contributed by atoms with van der Waals surface area (Å²) in [7, 11) is 0. The van der Waals surface area contributed by atoms with Crippen molar-refractivity contribution in [2.75, 3.05) is 5.32 Å². The molecule has 0 unspecified atom stereocenters. The van der Waals surface area contributed by atoms with Gasteiger partial charge in [-0.15, -0.1) is 5.10 Å². The van der Waals surface area contributed by atoms with Crippen LogP contribution in [0.15, 0.2) is 21.0 Å². The van der Waals surface area contributed by atoms with Crippen molar-refractivity contribution in [2.45, 2.75) is 32.4 Å². The van der Waals surface area contributed by atoms with Crippen LogP contribution in [0.1, 0.15) is 24.3 Å². The third kappa shape index (κ3) is 3.16. The molecule has 0 aliphatic heterocycles. The molecule has 5 nitrogen and oxygen atoms in total. The van der Waals surface area contributed by atoms with Crippen molar-refractivity contribution < 1.29 is 8.81 Å². The molecule has 1 aliphatic rings. The van der Waals surface area contributed by atoms with Gasteiger partial charge in [0.25, 0.3) is 0 Å². The Hall–Kier alpha value is -1.47. The third-order valence-electron chi connectivity index (χ3n) is 3.10. The van der Waals surface area contributed by atoms with Crippen LogP contribution in [0.2, 0.25) is 0 Å². The molecule has 0 spiro atoms. The highest BCUT2D eigenvalue weighted by Gasteiger charge is 2.21. The average Bonchev–Trinajstić information content (AvgIpc) is 3.14. The van der Waals surface area contributed by atoms with Gasteiger partial charge >= 0.3 is 6.01 Å². The number of aromatic nitrogens is 2. The van der Waals surface area contributed by atoms with Gasteiger partial charge in [0, 0.05) is 11.7 Å². The molecule has 2 N–H and O–H groups in total. The summed E-state index contributed by atoms with van der Waals surface area (Å²) in [5, 5.41) is 14.1. The van der Waals surface area contributed by atoms with E-state index in [0.29, 0.717) is 28.6 Å². The molecular weight excluding hydrogens is 327 g/mol. The molecule has 1 saturated carbocycles. The van der Waals surface area contributed by atoms with E-state index >= 15 is 0 Å². The summed E-state index contributed by atoms with van der Waals surface area (Å²) in [5.41, 5.74) is 1.49. The Morgan fingerprint density at radius 2 is 2.20 bits per heavy atom. The number of rotatable bonds is 5. The van der Waals surface area contributed by atoms with Crippen LogP contribution >= 0.6 is 15.9 Å². The monoisotopic (exact) mass is 340 g/mol. The van der Waals surface area contributed by atoms with Crippen molar-refractivity contribution in [1.82, 2.24) is 15.5 Å². The number of hydrogen-bond acceptors (Lipinski definition) is 5. The summed E-state index contributed by atoms with van der Waals surface area (Å²) in [6.07, 6.45) is 2.41. The zero-order valence-corrected chi connectivity index (χ0v) is 12.5. The second kappa shape index (κ2) is 5.49. The summed E-state index contributed by atoms with van der Waals surface area (Å²) in [6, 6.07) is 3.94. The van der Waals surface area contributed by atoms with E-state index in [-0.39, 0.29) is 11.8 Å². The number of nitrogens with zero attached hydrogens (tertiary/aromatic N) is 2. The predicted octanol–water partition coefficient (Wildman–Crippen LogP) is 3.28. The molecule has 0 bridgehead atoms. The van der Waals surface area contributed by atoms with Gasteiger partial charge in [-0.05, 0) is 53.4 Å². The molecule has 3 rings (SSSR count). The van der Waals surface area contributed by atoms with Crippen LogP contribution in [0.4, 0.5) is 16.1 Å². The lowest BCUT2D eigenvalue weighted by atomic mass is 10.2. The van der Waals surface area contributed by atoms with E-state index in [4.69, 9.17) is 4.42 Å². The molecular formula is C13H14BrFN4O. The van der Waals surface area contributed by atoms with Gasteiger partial charge in [-0.2, -0.15) is 0 Å². The second-order valence-corrected chi connectivity index (χ2v) is 5.72. The Kier molecular flexibility index (Phi) is 3.71. The fourth-order valence-electron chi connectivity index (χ4n) is 1.79. The maximum Gasteiger partial charge on any atom is 0.320 e. The van der Waals surface area contributed by atoms with Crippen LogP contribution in [-0.2, 0) is 6.54 Å². The number of benzene rings is 1. The van der Waals surface area contributed by atoms with Gasteiger partial charge in [0.1, 0.15) is 5.82 Å². The van der Waals surface area contributed by atoms with E-state index in [1.807, 2.05) is 6.92 Å². The molecule has 0 atom stereocenters.